The van der Waals surface area contributed by atoms with E-state index in [9.17, 15) is 13.6 Å². The number of carbonyl (C=O) groups excluding carboxylic acids is 1. The van der Waals surface area contributed by atoms with E-state index >= 15 is 0 Å². The fourth-order valence-corrected chi connectivity index (χ4v) is 5.18. The number of aromatic nitrogens is 3. The predicted octanol–water partition coefficient (Wildman–Crippen LogP) is 4.01. The molecule has 2 aromatic heterocycles. The van der Waals surface area contributed by atoms with Gasteiger partial charge in [0.2, 0.25) is 0 Å². The van der Waals surface area contributed by atoms with Gasteiger partial charge in [-0.25, -0.2) is 13.8 Å². The second kappa shape index (κ2) is 7.66. The number of halogens is 2. The number of amides is 1. The second-order valence-electron chi connectivity index (χ2n) is 9.09. The number of rotatable bonds is 6. The first kappa shape index (κ1) is 21.6. The maximum atomic E-state index is 14.4. The number of ether oxygens (including phenoxy) is 1. The van der Waals surface area contributed by atoms with Crippen LogP contribution >= 0.6 is 0 Å². The second-order valence-corrected chi connectivity index (χ2v) is 9.09. The molecule has 0 spiro atoms. The monoisotopic (exact) mass is 450 g/mol. The van der Waals surface area contributed by atoms with Crippen molar-refractivity contribution in [1.29, 1.82) is 0 Å². The van der Waals surface area contributed by atoms with Gasteiger partial charge in [-0.05, 0) is 60.6 Å². The van der Waals surface area contributed by atoms with Gasteiger partial charge in [0, 0.05) is 13.7 Å². The van der Waals surface area contributed by atoms with Crippen molar-refractivity contribution in [3.63, 3.8) is 0 Å². The highest BCUT2D eigenvalue weighted by Gasteiger charge is 2.70. The molecule has 0 bridgehead atoms. The van der Waals surface area contributed by atoms with Crippen LogP contribution in [-0.4, -0.2) is 41.3 Å². The number of nitrogens with one attached hydrogen (secondary N) is 1. The van der Waals surface area contributed by atoms with Crippen LogP contribution in [0.1, 0.15) is 53.6 Å². The molecule has 1 N–H and O–H groups in total. The summed E-state index contributed by atoms with van der Waals surface area (Å²) < 4.78 is 33.7. The van der Waals surface area contributed by atoms with E-state index in [0.29, 0.717) is 18.8 Å². The molecule has 2 aliphatic carbocycles. The SMILES string of the molecule is COCCNC(=O)c1cccc([C@@]2(C)c3nnc(-c4c(F)cccc4F)cc3[C@@H]3CC32C)n1. The Hall–Kier alpha value is -3.26. The molecule has 2 heterocycles. The molecule has 1 aromatic carbocycles. The van der Waals surface area contributed by atoms with E-state index < -0.39 is 17.0 Å². The van der Waals surface area contributed by atoms with Gasteiger partial charge in [-0.2, -0.15) is 5.10 Å². The van der Waals surface area contributed by atoms with Gasteiger partial charge in [-0.1, -0.05) is 19.1 Å². The minimum Gasteiger partial charge on any atom is -0.383 e. The van der Waals surface area contributed by atoms with Crippen molar-refractivity contribution in [1.82, 2.24) is 20.5 Å². The molecule has 2 aliphatic rings. The number of benzene rings is 1. The summed E-state index contributed by atoms with van der Waals surface area (Å²) in [5.41, 5.74) is 1.97. The topological polar surface area (TPSA) is 77.0 Å². The van der Waals surface area contributed by atoms with Crippen LogP contribution in [-0.2, 0) is 10.2 Å². The summed E-state index contributed by atoms with van der Waals surface area (Å²) >= 11 is 0. The van der Waals surface area contributed by atoms with Crippen molar-refractivity contribution >= 4 is 5.91 Å². The highest BCUT2D eigenvalue weighted by molar-refractivity contribution is 5.92. The van der Waals surface area contributed by atoms with E-state index in [0.717, 1.165) is 23.4 Å². The van der Waals surface area contributed by atoms with Crippen molar-refractivity contribution in [2.45, 2.75) is 31.6 Å². The van der Waals surface area contributed by atoms with Crippen LogP contribution in [0.25, 0.3) is 11.3 Å². The summed E-state index contributed by atoms with van der Waals surface area (Å²) in [6.45, 7) is 5.03. The molecular weight excluding hydrogens is 426 g/mol. The molecule has 1 saturated carbocycles. The Kier molecular flexibility index (Phi) is 5.01. The van der Waals surface area contributed by atoms with Crippen LogP contribution < -0.4 is 5.32 Å². The Morgan fingerprint density at radius 2 is 1.88 bits per heavy atom. The largest absolute Gasteiger partial charge is 0.383 e. The van der Waals surface area contributed by atoms with Crippen LogP contribution in [0.4, 0.5) is 8.78 Å². The van der Waals surface area contributed by atoms with Crippen LogP contribution in [0.5, 0.6) is 0 Å². The quantitative estimate of drug-likeness (QED) is 0.575. The van der Waals surface area contributed by atoms with E-state index in [2.05, 4.69) is 29.4 Å². The minimum atomic E-state index is -0.669. The maximum Gasteiger partial charge on any atom is 0.269 e. The first-order chi connectivity index (χ1) is 15.8. The lowest BCUT2D eigenvalue weighted by Gasteiger charge is -2.32. The number of methoxy groups -OCH3 is 1. The smallest absolute Gasteiger partial charge is 0.269 e. The Morgan fingerprint density at radius 3 is 2.61 bits per heavy atom. The third-order valence-electron chi connectivity index (χ3n) is 7.36. The molecule has 1 unspecified atom stereocenters. The fraction of sp³-hybridized carbons (Fsp3) is 0.360. The number of nitrogens with zero attached hydrogens (tertiary/aromatic N) is 3. The molecule has 0 saturated heterocycles. The van der Waals surface area contributed by atoms with Gasteiger partial charge >= 0.3 is 0 Å². The highest BCUT2D eigenvalue weighted by Crippen LogP contribution is 2.75. The molecule has 1 fully saturated rings. The van der Waals surface area contributed by atoms with Crippen molar-refractivity contribution < 1.29 is 18.3 Å². The van der Waals surface area contributed by atoms with Gasteiger partial charge in [-0.3, -0.25) is 4.79 Å². The van der Waals surface area contributed by atoms with E-state index in [-0.39, 0.29) is 28.5 Å². The molecule has 3 aromatic rings. The molecule has 5 rings (SSSR count). The summed E-state index contributed by atoms with van der Waals surface area (Å²) in [7, 11) is 1.57. The summed E-state index contributed by atoms with van der Waals surface area (Å²) in [6, 6.07) is 10.9. The van der Waals surface area contributed by atoms with Gasteiger partial charge in [0.15, 0.2) is 0 Å². The molecule has 0 aliphatic heterocycles. The molecular formula is C25H24F2N4O2. The summed E-state index contributed by atoms with van der Waals surface area (Å²) in [5.74, 6) is -1.43. The fourth-order valence-electron chi connectivity index (χ4n) is 5.18. The van der Waals surface area contributed by atoms with Gasteiger partial charge in [0.05, 0.1) is 34.7 Å². The van der Waals surface area contributed by atoms with Crippen LogP contribution in [0.15, 0.2) is 42.5 Å². The van der Waals surface area contributed by atoms with E-state index in [4.69, 9.17) is 9.72 Å². The van der Waals surface area contributed by atoms with Crippen molar-refractivity contribution in [2.24, 2.45) is 5.41 Å². The molecule has 1 amide bonds. The van der Waals surface area contributed by atoms with Crippen molar-refractivity contribution in [3.05, 3.63) is 76.7 Å². The number of carbonyl (C=O) groups is 1. The highest BCUT2D eigenvalue weighted by atomic mass is 19.1. The van der Waals surface area contributed by atoms with E-state index in [1.807, 2.05) is 12.1 Å². The third-order valence-corrected chi connectivity index (χ3v) is 7.36. The summed E-state index contributed by atoms with van der Waals surface area (Å²) in [6.07, 6.45) is 0.896. The first-order valence-corrected chi connectivity index (χ1v) is 10.9. The number of fused-ring (bicyclic) bond motifs is 3. The van der Waals surface area contributed by atoms with E-state index in [1.165, 1.54) is 18.2 Å². The molecule has 33 heavy (non-hydrogen) atoms. The number of hydrogen-bond donors (Lipinski definition) is 1. The molecule has 0 radical (unpaired) electrons. The maximum absolute atomic E-state index is 14.4. The Balaban J connectivity index is 1.55. The average Bonchev–Trinajstić information content (AvgIpc) is 3.47. The molecule has 6 nitrogen and oxygen atoms in total. The van der Waals surface area contributed by atoms with E-state index in [1.54, 1.807) is 19.2 Å². The normalized spacial score (nSPS) is 24.8. The van der Waals surface area contributed by atoms with Crippen LogP contribution in [0.3, 0.4) is 0 Å². The number of pyridine rings is 1. The summed E-state index contributed by atoms with van der Waals surface area (Å²) in [5, 5.41) is 11.5. The van der Waals surface area contributed by atoms with Crippen LogP contribution in [0.2, 0.25) is 0 Å². The lowest BCUT2D eigenvalue weighted by Crippen LogP contribution is -2.35. The predicted molar refractivity (Wildman–Crippen MR) is 118 cm³/mol. The zero-order valence-corrected chi connectivity index (χ0v) is 18.7. The van der Waals surface area contributed by atoms with Gasteiger partial charge in [-0.15, -0.1) is 5.10 Å². The lowest BCUT2D eigenvalue weighted by molar-refractivity contribution is 0.0931. The summed E-state index contributed by atoms with van der Waals surface area (Å²) in [4.78, 5) is 17.2. The number of hydrogen-bond acceptors (Lipinski definition) is 5. The Labute approximate surface area is 190 Å². The van der Waals surface area contributed by atoms with Gasteiger partial charge in [0.25, 0.3) is 5.91 Å². The Bertz CT molecular complexity index is 1250. The zero-order valence-electron chi connectivity index (χ0n) is 18.7. The van der Waals surface area contributed by atoms with Gasteiger partial charge in [0.1, 0.15) is 17.3 Å². The van der Waals surface area contributed by atoms with Crippen molar-refractivity contribution in [3.8, 4) is 11.3 Å². The molecule has 3 atom stereocenters. The molecule has 170 valence electrons. The van der Waals surface area contributed by atoms with Crippen LogP contribution in [0, 0.1) is 17.0 Å². The lowest BCUT2D eigenvalue weighted by atomic mass is 9.72. The van der Waals surface area contributed by atoms with Gasteiger partial charge < -0.3 is 10.1 Å². The Morgan fingerprint density at radius 1 is 1.15 bits per heavy atom. The first-order valence-electron chi connectivity index (χ1n) is 10.9. The standard InChI is InChI=1S/C25H24F2N4O2/c1-24-13-15(24)14-12-19(21-16(26)6-4-7-17(21)27)30-31-22(14)25(24,2)20-9-5-8-18(29-20)23(32)28-10-11-33-3/h4-9,12,15H,10-11,13H2,1-3H3,(H,28,32)/t15-,24?,25-/m0/s1. The average molecular weight is 450 g/mol. The van der Waals surface area contributed by atoms with Crippen molar-refractivity contribution in [2.75, 3.05) is 20.3 Å². The minimum absolute atomic E-state index is 0.170. The third kappa shape index (κ3) is 3.15. The zero-order chi connectivity index (χ0) is 23.4. The molecule has 8 heteroatoms.